The van der Waals surface area contributed by atoms with E-state index in [0.29, 0.717) is 18.3 Å². The molecule has 0 radical (unpaired) electrons. The van der Waals surface area contributed by atoms with Crippen molar-refractivity contribution >= 4 is 17.7 Å². The summed E-state index contributed by atoms with van der Waals surface area (Å²) in [4.78, 5) is 23.7. The normalized spacial score (nSPS) is 17.4. The van der Waals surface area contributed by atoms with Gasteiger partial charge in [-0.2, -0.15) is 5.10 Å². The average Bonchev–Trinajstić information content (AvgIpc) is 3.11. The van der Waals surface area contributed by atoms with Crippen molar-refractivity contribution in [3.05, 3.63) is 23.0 Å². The lowest BCUT2D eigenvalue weighted by molar-refractivity contribution is -0.0716. The molecule has 2 aliphatic rings. The highest BCUT2D eigenvalue weighted by Gasteiger charge is 2.30. The molecule has 1 aliphatic carbocycles. The molecule has 2 N–H and O–H groups in total. The van der Waals surface area contributed by atoms with Crippen LogP contribution in [0.25, 0.3) is 11.4 Å². The molecule has 0 unspecified atom stereocenters. The third kappa shape index (κ3) is 4.94. The van der Waals surface area contributed by atoms with E-state index in [1.165, 1.54) is 11.8 Å². The summed E-state index contributed by atoms with van der Waals surface area (Å²) in [6.45, 7) is 9.69. The molecule has 2 aromatic heterocycles. The van der Waals surface area contributed by atoms with Crippen molar-refractivity contribution in [2.45, 2.75) is 63.8 Å². The number of carbonyl (C=O) groups is 1. The van der Waals surface area contributed by atoms with Gasteiger partial charge in [0.1, 0.15) is 0 Å². The standard InChI is InChI=1S/C22H32N6O2S/c1-22(2,3)30-13-27-9-7-14(8-10-27)12-28-19-16(18(26-28)20(23)29)6-5-15-11-24-21(31-4)25-17(15)19/h11,14H,5-10,12-13H2,1-4H3,(H2,23,29). The number of aromatic nitrogens is 4. The summed E-state index contributed by atoms with van der Waals surface area (Å²) in [7, 11) is 0. The van der Waals surface area contributed by atoms with Crippen LogP contribution in [-0.4, -0.2) is 62.2 Å². The van der Waals surface area contributed by atoms with Crippen LogP contribution in [0.1, 0.15) is 55.2 Å². The summed E-state index contributed by atoms with van der Waals surface area (Å²) in [5.41, 5.74) is 9.83. The van der Waals surface area contributed by atoms with Crippen LogP contribution >= 0.6 is 11.8 Å². The molecular weight excluding hydrogens is 412 g/mol. The quantitative estimate of drug-likeness (QED) is 0.540. The van der Waals surface area contributed by atoms with Crippen molar-refractivity contribution in [1.29, 1.82) is 0 Å². The average molecular weight is 445 g/mol. The molecule has 3 heterocycles. The van der Waals surface area contributed by atoms with Gasteiger partial charge in [-0.1, -0.05) is 11.8 Å². The molecule has 2 aromatic rings. The largest absolute Gasteiger partial charge is 0.364 e. The fraction of sp³-hybridized carbons (Fsp3) is 0.636. The molecule has 1 fully saturated rings. The van der Waals surface area contributed by atoms with E-state index in [9.17, 15) is 4.79 Å². The van der Waals surface area contributed by atoms with E-state index in [1.54, 1.807) is 0 Å². The second kappa shape index (κ2) is 8.88. The van der Waals surface area contributed by atoms with E-state index in [0.717, 1.165) is 73.0 Å². The number of fused-ring (bicyclic) bond motifs is 3. The Labute approximate surface area is 187 Å². The Morgan fingerprint density at radius 1 is 1.29 bits per heavy atom. The van der Waals surface area contributed by atoms with Crippen LogP contribution in [0.3, 0.4) is 0 Å². The molecule has 31 heavy (non-hydrogen) atoms. The number of amides is 1. The minimum absolute atomic E-state index is 0.124. The van der Waals surface area contributed by atoms with Gasteiger partial charge in [-0.3, -0.25) is 14.4 Å². The van der Waals surface area contributed by atoms with E-state index in [4.69, 9.17) is 15.5 Å². The molecule has 1 saturated heterocycles. The minimum Gasteiger partial charge on any atom is -0.364 e. The summed E-state index contributed by atoms with van der Waals surface area (Å²) in [6, 6.07) is 0. The van der Waals surface area contributed by atoms with E-state index in [2.05, 4.69) is 35.8 Å². The van der Waals surface area contributed by atoms with Crippen LogP contribution in [0, 0.1) is 5.92 Å². The molecule has 0 aromatic carbocycles. The molecule has 168 valence electrons. The van der Waals surface area contributed by atoms with Gasteiger partial charge in [0.15, 0.2) is 10.9 Å². The van der Waals surface area contributed by atoms with Crippen LogP contribution in [0.5, 0.6) is 0 Å². The van der Waals surface area contributed by atoms with Gasteiger partial charge in [-0.15, -0.1) is 0 Å². The second-order valence-electron chi connectivity index (χ2n) is 9.40. The summed E-state index contributed by atoms with van der Waals surface area (Å²) < 4.78 is 7.91. The number of hydrogen-bond acceptors (Lipinski definition) is 7. The van der Waals surface area contributed by atoms with Crippen molar-refractivity contribution in [2.75, 3.05) is 26.1 Å². The maximum atomic E-state index is 12.1. The number of piperidine rings is 1. The highest BCUT2D eigenvalue weighted by Crippen LogP contribution is 2.35. The zero-order valence-electron chi connectivity index (χ0n) is 18.8. The van der Waals surface area contributed by atoms with Gasteiger partial charge in [-0.05, 0) is 64.2 Å². The number of hydrogen-bond donors (Lipinski definition) is 1. The fourth-order valence-electron chi connectivity index (χ4n) is 4.30. The van der Waals surface area contributed by atoms with Gasteiger partial charge in [-0.25, -0.2) is 9.97 Å². The number of aryl methyl sites for hydroxylation is 1. The van der Waals surface area contributed by atoms with Crippen LogP contribution in [-0.2, 0) is 24.1 Å². The van der Waals surface area contributed by atoms with Crippen LogP contribution in [0.15, 0.2) is 11.4 Å². The Hall–Kier alpha value is -1.97. The van der Waals surface area contributed by atoms with Gasteiger partial charge < -0.3 is 10.5 Å². The Balaban J connectivity index is 1.54. The lowest BCUT2D eigenvalue weighted by Gasteiger charge is -2.34. The summed E-state index contributed by atoms with van der Waals surface area (Å²) in [5.74, 6) is 0.0228. The molecule has 1 amide bonds. The zero-order chi connectivity index (χ0) is 22.2. The molecule has 0 bridgehead atoms. The first-order valence-corrected chi connectivity index (χ1v) is 12.1. The van der Waals surface area contributed by atoms with E-state index >= 15 is 0 Å². The SMILES string of the molecule is CSc1ncc2c(n1)-c1c(c(C(N)=O)nn1CC1CCN(COC(C)(C)C)CC1)CC2. The number of primary amides is 1. The minimum atomic E-state index is -0.466. The molecule has 0 saturated carbocycles. The maximum absolute atomic E-state index is 12.1. The molecule has 0 atom stereocenters. The third-order valence-electron chi connectivity index (χ3n) is 6.00. The number of nitrogens with zero attached hydrogens (tertiary/aromatic N) is 5. The van der Waals surface area contributed by atoms with Crippen LogP contribution in [0.4, 0.5) is 0 Å². The van der Waals surface area contributed by atoms with Gasteiger partial charge in [0.2, 0.25) is 0 Å². The first kappa shape index (κ1) is 22.2. The highest BCUT2D eigenvalue weighted by atomic mass is 32.2. The van der Waals surface area contributed by atoms with Gasteiger partial charge >= 0.3 is 0 Å². The lowest BCUT2D eigenvalue weighted by atomic mass is 9.92. The second-order valence-corrected chi connectivity index (χ2v) is 10.2. The van der Waals surface area contributed by atoms with Crippen LogP contribution < -0.4 is 5.73 Å². The lowest BCUT2D eigenvalue weighted by Crippen LogP contribution is -2.39. The monoisotopic (exact) mass is 444 g/mol. The predicted octanol–water partition coefficient (Wildman–Crippen LogP) is 2.74. The van der Waals surface area contributed by atoms with Crippen molar-refractivity contribution < 1.29 is 9.53 Å². The summed E-state index contributed by atoms with van der Waals surface area (Å²) in [5, 5.41) is 5.39. The van der Waals surface area contributed by atoms with Gasteiger partial charge in [0, 0.05) is 31.4 Å². The summed E-state index contributed by atoms with van der Waals surface area (Å²) in [6.07, 6.45) is 7.56. The number of thioether (sulfide) groups is 1. The van der Waals surface area contributed by atoms with Crippen molar-refractivity contribution in [3.8, 4) is 11.4 Å². The number of ether oxygens (including phenoxy) is 1. The van der Waals surface area contributed by atoms with Crippen molar-refractivity contribution in [1.82, 2.24) is 24.6 Å². The maximum Gasteiger partial charge on any atom is 0.269 e. The Kier molecular flexibility index (Phi) is 6.37. The Morgan fingerprint density at radius 2 is 2.03 bits per heavy atom. The number of likely N-dealkylation sites (tertiary alicyclic amines) is 1. The first-order chi connectivity index (χ1) is 14.7. The van der Waals surface area contributed by atoms with Crippen molar-refractivity contribution in [2.24, 2.45) is 11.7 Å². The van der Waals surface area contributed by atoms with E-state index in [-0.39, 0.29) is 5.60 Å². The van der Waals surface area contributed by atoms with E-state index < -0.39 is 5.91 Å². The molecule has 0 spiro atoms. The molecular formula is C22H32N6O2S. The molecule has 8 nitrogen and oxygen atoms in total. The molecule has 9 heteroatoms. The zero-order valence-corrected chi connectivity index (χ0v) is 19.7. The molecule has 4 rings (SSSR count). The van der Waals surface area contributed by atoms with Crippen LogP contribution in [0.2, 0.25) is 0 Å². The number of carbonyl (C=O) groups excluding carboxylic acids is 1. The van der Waals surface area contributed by atoms with Crippen molar-refractivity contribution in [3.63, 3.8) is 0 Å². The molecule has 1 aliphatic heterocycles. The topological polar surface area (TPSA) is 99.2 Å². The third-order valence-corrected chi connectivity index (χ3v) is 6.56. The predicted molar refractivity (Wildman–Crippen MR) is 121 cm³/mol. The first-order valence-electron chi connectivity index (χ1n) is 10.9. The Morgan fingerprint density at radius 3 is 2.68 bits per heavy atom. The van der Waals surface area contributed by atoms with Gasteiger partial charge in [0.25, 0.3) is 5.91 Å². The number of rotatable bonds is 6. The summed E-state index contributed by atoms with van der Waals surface area (Å²) >= 11 is 1.52. The van der Waals surface area contributed by atoms with E-state index in [1.807, 2.05) is 17.1 Å². The highest BCUT2D eigenvalue weighted by molar-refractivity contribution is 7.98. The fourth-order valence-corrected chi connectivity index (χ4v) is 4.64. The van der Waals surface area contributed by atoms with Gasteiger partial charge in [0.05, 0.1) is 23.7 Å². The number of nitrogens with two attached hydrogens (primary N) is 1. The smallest absolute Gasteiger partial charge is 0.269 e. The Bertz CT molecular complexity index is 960.